The van der Waals surface area contributed by atoms with Crippen LogP contribution in [0.4, 0.5) is 5.69 Å². The van der Waals surface area contributed by atoms with Gasteiger partial charge in [0, 0.05) is 19.3 Å². The second-order valence-electron chi connectivity index (χ2n) is 6.28. The highest BCUT2D eigenvalue weighted by molar-refractivity contribution is 6.02. The zero-order chi connectivity index (χ0) is 17.7. The van der Waals surface area contributed by atoms with Gasteiger partial charge in [0.05, 0.1) is 29.2 Å². The maximum Gasteiger partial charge on any atom is 0.341 e. The Morgan fingerprint density at radius 3 is 2.88 bits per heavy atom. The number of anilines is 1. The number of nitrogens with zero attached hydrogens (tertiary/aromatic N) is 2. The van der Waals surface area contributed by atoms with Gasteiger partial charge in [-0.25, -0.2) is 4.79 Å². The molecule has 25 heavy (non-hydrogen) atoms. The number of ether oxygens (including phenoxy) is 1. The van der Waals surface area contributed by atoms with Crippen molar-refractivity contribution in [3.63, 3.8) is 0 Å². The molecule has 8 heteroatoms. The molecule has 1 saturated heterocycles. The number of amides is 1. The van der Waals surface area contributed by atoms with Crippen LogP contribution in [-0.2, 0) is 4.79 Å². The minimum Gasteiger partial charge on any atom is -0.487 e. The Morgan fingerprint density at radius 2 is 2.16 bits per heavy atom. The number of piperazine rings is 1. The van der Waals surface area contributed by atoms with Crippen LogP contribution >= 0.6 is 0 Å². The molecule has 2 aromatic rings. The summed E-state index contributed by atoms with van der Waals surface area (Å²) in [5.74, 6) is -0.864. The van der Waals surface area contributed by atoms with E-state index in [1.165, 1.54) is 6.20 Å². The van der Waals surface area contributed by atoms with Crippen molar-refractivity contribution in [2.75, 3.05) is 31.1 Å². The van der Waals surface area contributed by atoms with E-state index in [1.807, 2.05) is 6.92 Å². The molecule has 1 fully saturated rings. The third-order valence-electron chi connectivity index (χ3n) is 4.68. The van der Waals surface area contributed by atoms with Crippen LogP contribution in [0.25, 0.3) is 10.9 Å². The Balaban J connectivity index is 2.02. The molecule has 0 spiro atoms. The summed E-state index contributed by atoms with van der Waals surface area (Å²) in [6.07, 6.45) is 1.37. The van der Waals surface area contributed by atoms with E-state index in [-0.39, 0.29) is 29.4 Å². The molecule has 1 aromatic carbocycles. The van der Waals surface area contributed by atoms with Gasteiger partial charge in [0.2, 0.25) is 11.3 Å². The van der Waals surface area contributed by atoms with Gasteiger partial charge in [0.1, 0.15) is 12.2 Å². The fourth-order valence-corrected chi connectivity index (χ4v) is 3.41. The minimum atomic E-state index is -1.25. The van der Waals surface area contributed by atoms with Crippen molar-refractivity contribution in [1.82, 2.24) is 9.88 Å². The molecule has 0 radical (unpaired) electrons. The first-order valence-electron chi connectivity index (χ1n) is 8.08. The highest BCUT2D eigenvalue weighted by Gasteiger charge is 2.29. The number of nitrogens with one attached hydrogen (secondary N) is 1. The fraction of sp³-hybridized carbons (Fsp3) is 0.353. The number of carbonyl (C=O) groups excluding carboxylic acids is 1. The number of hydrogen-bond acceptors (Lipinski definition) is 5. The third-order valence-corrected chi connectivity index (χ3v) is 4.68. The second-order valence-corrected chi connectivity index (χ2v) is 6.28. The summed E-state index contributed by atoms with van der Waals surface area (Å²) in [6.45, 7) is 3.65. The lowest BCUT2D eigenvalue weighted by Crippen LogP contribution is -2.48. The first-order valence-corrected chi connectivity index (χ1v) is 8.08. The van der Waals surface area contributed by atoms with Crippen molar-refractivity contribution in [3.8, 4) is 5.75 Å². The Kier molecular flexibility index (Phi) is 3.50. The SMILES string of the molecule is CC1COc2c(N3CCNCC3=O)ccc3c(=O)c(C(=O)O)cn1c23. The zero-order valence-electron chi connectivity index (χ0n) is 13.6. The zero-order valence-corrected chi connectivity index (χ0v) is 13.6. The van der Waals surface area contributed by atoms with Gasteiger partial charge in [-0.15, -0.1) is 0 Å². The summed E-state index contributed by atoms with van der Waals surface area (Å²) >= 11 is 0. The summed E-state index contributed by atoms with van der Waals surface area (Å²) in [7, 11) is 0. The van der Waals surface area contributed by atoms with E-state index >= 15 is 0 Å². The number of hydrogen-bond donors (Lipinski definition) is 2. The molecule has 2 aliphatic heterocycles. The highest BCUT2D eigenvalue weighted by Crippen LogP contribution is 2.39. The summed E-state index contributed by atoms with van der Waals surface area (Å²) in [4.78, 5) is 37.8. The first-order chi connectivity index (χ1) is 12.0. The largest absolute Gasteiger partial charge is 0.487 e. The van der Waals surface area contributed by atoms with Gasteiger partial charge in [0.15, 0.2) is 5.75 Å². The molecule has 0 saturated carbocycles. The Morgan fingerprint density at radius 1 is 1.36 bits per heavy atom. The second kappa shape index (κ2) is 5.59. The van der Waals surface area contributed by atoms with Gasteiger partial charge in [-0.3, -0.25) is 9.59 Å². The molecule has 1 atom stereocenters. The molecule has 130 valence electrons. The summed E-state index contributed by atoms with van der Waals surface area (Å²) in [5.41, 5.74) is 0.341. The lowest BCUT2D eigenvalue weighted by molar-refractivity contribution is -0.118. The standard InChI is InChI=1S/C17H17N3O5/c1-9-8-25-16-12(19-5-4-18-6-13(19)21)3-2-10-14(16)20(9)7-11(15(10)22)17(23)24/h2-3,7,9,18H,4-6,8H2,1H3,(H,23,24). The number of carboxylic acids is 1. The molecule has 3 heterocycles. The van der Waals surface area contributed by atoms with Crippen molar-refractivity contribution in [2.45, 2.75) is 13.0 Å². The third kappa shape index (κ3) is 2.29. The number of benzene rings is 1. The van der Waals surface area contributed by atoms with Gasteiger partial charge in [0.25, 0.3) is 0 Å². The van der Waals surface area contributed by atoms with Crippen molar-refractivity contribution < 1.29 is 19.4 Å². The Bertz CT molecular complexity index is 965. The van der Waals surface area contributed by atoms with Crippen molar-refractivity contribution in [3.05, 3.63) is 34.1 Å². The average molecular weight is 343 g/mol. The maximum absolute atomic E-state index is 12.5. The van der Waals surface area contributed by atoms with E-state index < -0.39 is 11.4 Å². The molecule has 1 aromatic heterocycles. The van der Waals surface area contributed by atoms with Gasteiger partial charge in [-0.2, -0.15) is 0 Å². The van der Waals surface area contributed by atoms with Gasteiger partial charge in [-0.1, -0.05) is 0 Å². The minimum absolute atomic E-state index is 0.0693. The van der Waals surface area contributed by atoms with E-state index in [2.05, 4.69) is 5.32 Å². The average Bonchev–Trinajstić information content (AvgIpc) is 2.59. The molecule has 4 rings (SSSR count). The molecule has 0 bridgehead atoms. The van der Waals surface area contributed by atoms with Crippen LogP contribution in [0.3, 0.4) is 0 Å². The van der Waals surface area contributed by atoms with Crippen LogP contribution in [-0.4, -0.2) is 47.8 Å². The number of carboxylic acid groups (broad SMARTS) is 1. The van der Waals surface area contributed by atoms with E-state index in [9.17, 15) is 19.5 Å². The summed E-state index contributed by atoms with van der Waals surface area (Å²) in [5, 5.41) is 12.6. The van der Waals surface area contributed by atoms with Crippen LogP contribution in [0.2, 0.25) is 0 Å². The molecule has 0 aliphatic carbocycles. The lowest BCUT2D eigenvalue weighted by Gasteiger charge is -2.33. The quantitative estimate of drug-likeness (QED) is 0.828. The molecule has 1 amide bonds. The van der Waals surface area contributed by atoms with E-state index in [0.717, 1.165) is 0 Å². The molecular weight excluding hydrogens is 326 g/mol. The van der Waals surface area contributed by atoms with Gasteiger partial charge in [-0.05, 0) is 19.1 Å². The summed E-state index contributed by atoms with van der Waals surface area (Å²) < 4.78 is 7.63. The number of rotatable bonds is 2. The normalized spacial score (nSPS) is 19.8. The van der Waals surface area contributed by atoms with Crippen LogP contribution in [0.1, 0.15) is 23.3 Å². The number of carbonyl (C=O) groups is 2. The fourth-order valence-electron chi connectivity index (χ4n) is 3.41. The topological polar surface area (TPSA) is 101 Å². The number of pyridine rings is 1. The van der Waals surface area contributed by atoms with Crippen LogP contribution in [0, 0.1) is 0 Å². The molecule has 1 unspecified atom stereocenters. The molecular formula is C17H17N3O5. The monoisotopic (exact) mass is 343 g/mol. The van der Waals surface area contributed by atoms with E-state index in [0.29, 0.717) is 36.6 Å². The smallest absolute Gasteiger partial charge is 0.341 e. The number of aromatic nitrogens is 1. The van der Waals surface area contributed by atoms with E-state index in [4.69, 9.17) is 4.74 Å². The predicted octanol–water partition coefficient (Wildman–Crippen LogP) is 0.589. The van der Waals surface area contributed by atoms with E-state index in [1.54, 1.807) is 21.6 Å². The van der Waals surface area contributed by atoms with Crippen molar-refractivity contribution >= 4 is 28.5 Å². The molecule has 2 aliphatic rings. The van der Waals surface area contributed by atoms with Crippen LogP contribution in [0.5, 0.6) is 5.75 Å². The Hall–Kier alpha value is -2.87. The highest BCUT2D eigenvalue weighted by atomic mass is 16.5. The first kappa shape index (κ1) is 15.6. The molecule has 8 nitrogen and oxygen atoms in total. The maximum atomic E-state index is 12.5. The number of aromatic carboxylic acids is 1. The Labute approximate surface area is 142 Å². The summed E-state index contributed by atoms with van der Waals surface area (Å²) in [6, 6.07) is 3.12. The van der Waals surface area contributed by atoms with Gasteiger partial charge < -0.3 is 24.6 Å². The van der Waals surface area contributed by atoms with Crippen molar-refractivity contribution in [1.29, 1.82) is 0 Å². The predicted molar refractivity (Wildman–Crippen MR) is 90.6 cm³/mol. The van der Waals surface area contributed by atoms with Gasteiger partial charge >= 0.3 is 5.97 Å². The van der Waals surface area contributed by atoms with Crippen molar-refractivity contribution in [2.24, 2.45) is 0 Å². The van der Waals surface area contributed by atoms with Crippen LogP contribution in [0.15, 0.2) is 23.1 Å². The molecule has 2 N–H and O–H groups in total. The lowest BCUT2D eigenvalue weighted by atomic mass is 10.1. The van der Waals surface area contributed by atoms with Crippen LogP contribution < -0.4 is 20.4 Å².